The van der Waals surface area contributed by atoms with Gasteiger partial charge in [0.25, 0.3) is 5.91 Å². The molecule has 42 heavy (non-hydrogen) atoms. The molecule has 9 heteroatoms. The summed E-state index contributed by atoms with van der Waals surface area (Å²) in [6, 6.07) is 13.1. The SMILES string of the molecule is COc1cc(-c2cc3nccc(-c4ccc(OCC5CC5)c(C(=O)N[C@@H]5CCCC[C@@H]5N)c4)c3o2)cc(OC)c1OC. The molecule has 2 heterocycles. The van der Waals surface area contributed by atoms with Crippen LogP contribution in [0.25, 0.3) is 33.6 Å². The van der Waals surface area contributed by atoms with E-state index in [0.717, 1.165) is 55.2 Å². The van der Waals surface area contributed by atoms with Crippen molar-refractivity contribution in [2.24, 2.45) is 11.7 Å². The normalized spacial score (nSPS) is 18.5. The van der Waals surface area contributed by atoms with Gasteiger partial charge >= 0.3 is 0 Å². The molecule has 0 saturated heterocycles. The average Bonchev–Trinajstić information content (AvgIpc) is 3.75. The Kier molecular flexibility index (Phi) is 7.93. The molecule has 2 saturated carbocycles. The molecule has 4 aromatic rings. The molecule has 2 fully saturated rings. The molecule has 220 valence electrons. The van der Waals surface area contributed by atoms with Crippen molar-refractivity contribution in [1.29, 1.82) is 0 Å². The van der Waals surface area contributed by atoms with E-state index >= 15 is 0 Å². The number of aromatic nitrogens is 1. The van der Waals surface area contributed by atoms with Crippen LogP contribution in [0.5, 0.6) is 23.0 Å². The number of benzene rings is 2. The predicted octanol–water partition coefficient (Wildman–Crippen LogP) is 5.98. The third-order valence-corrected chi connectivity index (χ3v) is 8.20. The van der Waals surface area contributed by atoms with E-state index in [9.17, 15) is 4.79 Å². The van der Waals surface area contributed by atoms with Crippen molar-refractivity contribution < 1.29 is 28.2 Å². The zero-order valence-corrected chi connectivity index (χ0v) is 24.3. The van der Waals surface area contributed by atoms with Gasteiger partial charge in [0.1, 0.15) is 17.0 Å². The number of hydrogen-bond acceptors (Lipinski definition) is 8. The lowest BCUT2D eigenvalue weighted by Crippen LogP contribution is -2.49. The van der Waals surface area contributed by atoms with Gasteiger partial charge in [-0.3, -0.25) is 9.78 Å². The highest BCUT2D eigenvalue weighted by atomic mass is 16.5. The van der Waals surface area contributed by atoms with E-state index in [0.29, 0.717) is 57.9 Å². The first-order valence-electron chi connectivity index (χ1n) is 14.5. The van der Waals surface area contributed by atoms with Gasteiger partial charge in [0.05, 0.1) is 33.5 Å². The van der Waals surface area contributed by atoms with E-state index in [-0.39, 0.29) is 18.0 Å². The molecule has 9 nitrogen and oxygen atoms in total. The number of carbonyl (C=O) groups excluding carboxylic acids is 1. The number of rotatable bonds is 10. The standard InChI is InChI=1S/C33H37N3O6/c1-38-29-15-21(16-30(39-2)32(29)40-3)28-17-26-31(42-28)22(12-13-35-26)20-10-11-27(41-18-19-8-9-19)23(14-20)33(37)36-25-7-5-4-6-24(25)34/h10-17,19,24-25H,4-9,18,34H2,1-3H3,(H,36,37)/t24-,25+/m0/s1. The van der Waals surface area contributed by atoms with Crippen molar-refractivity contribution >= 4 is 17.0 Å². The van der Waals surface area contributed by atoms with Crippen LogP contribution in [-0.4, -0.2) is 50.9 Å². The minimum absolute atomic E-state index is 0.0433. The first-order chi connectivity index (χ1) is 20.5. The number of hydrogen-bond donors (Lipinski definition) is 2. The molecule has 1 amide bonds. The number of carbonyl (C=O) groups is 1. The van der Waals surface area contributed by atoms with Crippen LogP contribution in [0.1, 0.15) is 48.9 Å². The Morgan fingerprint density at radius 2 is 1.69 bits per heavy atom. The maximum atomic E-state index is 13.6. The van der Waals surface area contributed by atoms with Crippen LogP contribution in [-0.2, 0) is 0 Å². The molecule has 0 spiro atoms. The Bertz CT molecular complexity index is 1570. The third kappa shape index (κ3) is 5.61. The van der Waals surface area contributed by atoms with Crippen molar-refractivity contribution in [3.8, 4) is 45.4 Å². The third-order valence-electron chi connectivity index (χ3n) is 8.20. The van der Waals surface area contributed by atoms with Gasteiger partial charge in [0.15, 0.2) is 17.1 Å². The molecule has 0 unspecified atom stereocenters. The molecule has 2 aliphatic rings. The Labute approximate surface area is 245 Å². The van der Waals surface area contributed by atoms with Gasteiger partial charge in [-0.25, -0.2) is 0 Å². The van der Waals surface area contributed by atoms with Crippen LogP contribution in [0.4, 0.5) is 0 Å². The summed E-state index contributed by atoms with van der Waals surface area (Å²) in [6.07, 6.45) is 8.02. The number of ether oxygens (including phenoxy) is 4. The lowest BCUT2D eigenvalue weighted by atomic mass is 9.90. The van der Waals surface area contributed by atoms with Crippen LogP contribution in [0.15, 0.2) is 53.1 Å². The number of amides is 1. The molecule has 2 aromatic carbocycles. The minimum Gasteiger partial charge on any atom is -0.493 e. The summed E-state index contributed by atoms with van der Waals surface area (Å²) >= 11 is 0. The molecular weight excluding hydrogens is 534 g/mol. The van der Waals surface area contributed by atoms with E-state index in [1.54, 1.807) is 27.5 Å². The summed E-state index contributed by atoms with van der Waals surface area (Å²) in [4.78, 5) is 18.2. The van der Waals surface area contributed by atoms with Gasteiger partial charge < -0.3 is 34.4 Å². The second kappa shape index (κ2) is 11.9. The largest absolute Gasteiger partial charge is 0.493 e. The molecule has 0 bridgehead atoms. The van der Waals surface area contributed by atoms with Gasteiger partial charge in [-0.05, 0) is 67.5 Å². The van der Waals surface area contributed by atoms with E-state index in [1.807, 2.05) is 42.5 Å². The molecule has 2 atom stereocenters. The predicted molar refractivity (Wildman–Crippen MR) is 160 cm³/mol. The molecule has 6 rings (SSSR count). The van der Waals surface area contributed by atoms with E-state index in [2.05, 4.69) is 10.3 Å². The average molecular weight is 572 g/mol. The summed E-state index contributed by atoms with van der Waals surface area (Å²) < 4.78 is 29.1. The molecule has 3 N–H and O–H groups in total. The lowest BCUT2D eigenvalue weighted by molar-refractivity contribution is 0.0917. The number of nitrogens with one attached hydrogen (secondary N) is 1. The van der Waals surface area contributed by atoms with Gasteiger partial charge in [-0.2, -0.15) is 0 Å². The number of fused-ring (bicyclic) bond motifs is 1. The van der Waals surface area contributed by atoms with Crippen LogP contribution in [0.2, 0.25) is 0 Å². The van der Waals surface area contributed by atoms with Gasteiger partial charge in [-0.1, -0.05) is 18.9 Å². The molecule has 2 aliphatic carbocycles. The quantitative estimate of drug-likeness (QED) is 0.239. The first-order valence-corrected chi connectivity index (χ1v) is 14.5. The fourth-order valence-electron chi connectivity index (χ4n) is 5.61. The highest BCUT2D eigenvalue weighted by molar-refractivity contribution is 6.00. The molecule has 0 aliphatic heterocycles. The monoisotopic (exact) mass is 571 g/mol. The van der Waals surface area contributed by atoms with Crippen molar-refractivity contribution in [3.63, 3.8) is 0 Å². The fraction of sp³-hybridized carbons (Fsp3) is 0.394. The molecule has 2 aromatic heterocycles. The second-order valence-electron chi connectivity index (χ2n) is 11.1. The van der Waals surface area contributed by atoms with Crippen LogP contribution in [0.3, 0.4) is 0 Å². The second-order valence-corrected chi connectivity index (χ2v) is 11.1. The Hall–Kier alpha value is -4.24. The van der Waals surface area contributed by atoms with Crippen molar-refractivity contribution in [2.45, 2.75) is 50.6 Å². The van der Waals surface area contributed by atoms with E-state index in [4.69, 9.17) is 29.1 Å². The number of pyridine rings is 1. The summed E-state index contributed by atoms with van der Waals surface area (Å²) in [5, 5.41) is 3.19. The van der Waals surface area contributed by atoms with E-state index < -0.39 is 0 Å². The zero-order chi connectivity index (χ0) is 29.2. The number of nitrogens with two attached hydrogens (primary N) is 1. The maximum absolute atomic E-state index is 13.6. The van der Waals surface area contributed by atoms with Crippen molar-refractivity contribution in [3.05, 3.63) is 54.2 Å². The number of furan rings is 1. The highest BCUT2D eigenvalue weighted by Gasteiger charge is 2.27. The Morgan fingerprint density at radius 3 is 2.38 bits per heavy atom. The van der Waals surface area contributed by atoms with Gasteiger partial charge in [0.2, 0.25) is 5.75 Å². The van der Waals surface area contributed by atoms with Gasteiger partial charge in [-0.15, -0.1) is 0 Å². The molecule has 0 radical (unpaired) electrons. The maximum Gasteiger partial charge on any atom is 0.255 e. The summed E-state index contributed by atoms with van der Waals surface area (Å²) in [5.41, 5.74) is 10.5. The first kappa shape index (κ1) is 27.9. The smallest absolute Gasteiger partial charge is 0.255 e. The summed E-state index contributed by atoms with van der Waals surface area (Å²) in [5.74, 6) is 3.11. The summed E-state index contributed by atoms with van der Waals surface area (Å²) in [6.45, 7) is 0.610. The topological polar surface area (TPSA) is 118 Å². The van der Waals surface area contributed by atoms with Crippen molar-refractivity contribution in [2.75, 3.05) is 27.9 Å². The number of methoxy groups -OCH3 is 3. The van der Waals surface area contributed by atoms with Gasteiger partial charge in [0, 0.05) is 35.5 Å². The number of nitrogens with zero attached hydrogens (tertiary/aromatic N) is 1. The minimum atomic E-state index is -0.173. The van der Waals surface area contributed by atoms with Crippen LogP contribution >= 0.6 is 0 Å². The highest BCUT2D eigenvalue weighted by Crippen LogP contribution is 2.43. The fourth-order valence-corrected chi connectivity index (χ4v) is 5.61. The Balaban J connectivity index is 1.38. The lowest BCUT2D eigenvalue weighted by Gasteiger charge is -2.29. The van der Waals surface area contributed by atoms with Crippen LogP contribution in [0, 0.1) is 5.92 Å². The molecular formula is C33H37N3O6. The van der Waals surface area contributed by atoms with E-state index in [1.165, 1.54) is 0 Å². The Morgan fingerprint density at radius 1 is 0.929 bits per heavy atom. The van der Waals surface area contributed by atoms with Crippen molar-refractivity contribution in [1.82, 2.24) is 10.3 Å². The zero-order valence-electron chi connectivity index (χ0n) is 24.3. The summed E-state index contributed by atoms with van der Waals surface area (Å²) in [7, 11) is 4.72. The van der Waals surface area contributed by atoms with Crippen LogP contribution < -0.4 is 30.0 Å².